The van der Waals surface area contributed by atoms with Crippen LogP contribution in [0.15, 0.2) is 47.4 Å². The summed E-state index contributed by atoms with van der Waals surface area (Å²) >= 11 is 0. The van der Waals surface area contributed by atoms with Gasteiger partial charge in [-0.25, -0.2) is 13.1 Å². The standard InChI is InChI=1S/C16H19NO2S/c1-12-5-4-6-15(9-12)11-17-20(18,19)16-10-13(2)7-8-14(16)3/h4-10,17H,11H2,1-3H3. The van der Waals surface area contributed by atoms with E-state index >= 15 is 0 Å². The maximum absolute atomic E-state index is 12.4. The van der Waals surface area contributed by atoms with Crippen molar-refractivity contribution in [3.63, 3.8) is 0 Å². The van der Waals surface area contributed by atoms with Gasteiger partial charge in [-0.15, -0.1) is 0 Å². The molecule has 4 heteroatoms. The lowest BCUT2D eigenvalue weighted by Crippen LogP contribution is -2.24. The molecule has 0 amide bonds. The van der Waals surface area contributed by atoms with Gasteiger partial charge in [0.05, 0.1) is 4.90 Å². The fourth-order valence-electron chi connectivity index (χ4n) is 2.08. The van der Waals surface area contributed by atoms with E-state index in [1.54, 1.807) is 13.0 Å². The Bertz CT molecular complexity index is 721. The maximum Gasteiger partial charge on any atom is 0.241 e. The Balaban J connectivity index is 2.21. The van der Waals surface area contributed by atoms with Crippen LogP contribution in [0.3, 0.4) is 0 Å². The minimum Gasteiger partial charge on any atom is -0.207 e. The summed E-state index contributed by atoms with van der Waals surface area (Å²) in [4.78, 5) is 0.352. The van der Waals surface area contributed by atoms with Gasteiger partial charge in [-0.2, -0.15) is 0 Å². The molecule has 2 aromatic rings. The normalized spacial score (nSPS) is 11.6. The minimum atomic E-state index is -3.47. The first kappa shape index (κ1) is 14.8. The number of rotatable bonds is 4. The lowest BCUT2D eigenvalue weighted by atomic mass is 10.1. The summed E-state index contributed by atoms with van der Waals surface area (Å²) in [5.74, 6) is 0. The third kappa shape index (κ3) is 3.46. The molecule has 0 bridgehead atoms. The van der Waals surface area contributed by atoms with Gasteiger partial charge in [0.15, 0.2) is 0 Å². The Kier molecular flexibility index (Phi) is 4.26. The fourth-order valence-corrected chi connectivity index (χ4v) is 3.42. The second kappa shape index (κ2) is 5.77. The quantitative estimate of drug-likeness (QED) is 0.940. The molecule has 0 saturated carbocycles. The molecule has 20 heavy (non-hydrogen) atoms. The van der Waals surface area contributed by atoms with Crippen molar-refractivity contribution < 1.29 is 8.42 Å². The molecule has 0 aromatic heterocycles. The lowest BCUT2D eigenvalue weighted by molar-refractivity contribution is 0.580. The Morgan fingerprint density at radius 1 is 0.950 bits per heavy atom. The van der Waals surface area contributed by atoms with Gasteiger partial charge in [0, 0.05) is 6.54 Å². The number of sulfonamides is 1. The number of hydrogen-bond acceptors (Lipinski definition) is 2. The lowest BCUT2D eigenvalue weighted by Gasteiger charge is -2.10. The Morgan fingerprint density at radius 2 is 1.65 bits per heavy atom. The average Bonchev–Trinajstić information content (AvgIpc) is 2.39. The van der Waals surface area contributed by atoms with Gasteiger partial charge in [0.2, 0.25) is 10.0 Å². The Labute approximate surface area is 120 Å². The Hall–Kier alpha value is -1.65. The molecule has 0 aliphatic heterocycles. The van der Waals surface area contributed by atoms with Crippen LogP contribution in [0.4, 0.5) is 0 Å². The maximum atomic E-state index is 12.4. The molecule has 2 rings (SSSR count). The van der Waals surface area contributed by atoms with Gasteiger partial charge in [0.1, 0.15) is 0 Å². The van der Waals surface area contributed by atoms with Crippen molar-refractivity contribution in [3.05, 3.63) is 64.7 Å². The van der Waals surface area contributed by atoms with Gasteiger partial charge >= 0.3 is 0 Å². The van der Waals surface area contributed by atoms with Crippen LogP contribution >= 0.6 is 0 Å². The zero-order valence-corrected chi connectivity index (χ0v) is 12.8. The molecular formula is C16H19NO2S. The summed E-state index contributed by atoms with van der Waals surface area (Å²) in [5, 5.41) is 0. The topological polar surface area (TPSA) is 46.2 Å². The third-order valence-corrected chi connectivity index (χ3v) is 4.73. The average molecular weight is 289 g/mol. The van der Waals surface area contributed by atoms with E-state index in [1.807, 2.05) is 50.2 Å². The number of nitrogens with one attached hydrogen (secondary N) is 1. The summed E-state index contributed by atoms with van der Waals surface area (Å²) in [7, 11) is -3.47. The van der Waals surface area contributed by atoms with E-state index in [2.05, 4.69) is 4.72 Å². The summed E-state index contributed by atoms with van der Waals surface area (Å²) in [6.45, 7) is 5.99. The molecule has 0 saturated heterocycles. The molecule has 0 atom stereocenters. The Morgan fingerprint density at radius 3 is 2.35 bits per heavy atom. The van der Waals surface area contributed by atoms with E-state index in [1.165, 1.54) is 0 Å². The van der Waals surface area contributed by atoms with Gasteiger partial charge in [-0.1, -0.05) is 42.0 Å². The highest BCUT2D eigenvalue weighted by atomic mass is 32.2. The zero-order valence-electron chi connectivity index (χ0n) is 12.0. The van der Waals surface area contributed by atoms with Crippen molar-refractivity contribution in [1.29, 1.82) is 0 Å². The smallest absolute Gasteiger partial charge is 0.207 e. The largest absolute Gasteiger partial charge is 0.241 e. The summed E-state index contributed by atoms with van der Waals surface area (Å²) in [5.41, 5.74) is 3.77. The van der Waals surface area contributed by atoms with Crippen LogP contribution in [-0.2, 0) is 16.6 Å². The van der Waals surface area contributed by atoms with Crippen LogP contribution < -0.4 is 4.72 Å². The van der Waals surface area contributed by atoms with E-state index in [0.29, 0.717) is 11.4 Å². The second-order valence-electron chi connectivity index (χ2n) is 5.08. The predicted octanol–water partition coefficient (Wildman–Crippen LogP) is 3.09. The number of benzene rings is 2. The second-order valence-corrected chi connectivity index (χ2v) is 6.82. The molecule has 0 radical (unpaired) electrons. The monoisotopic (exact) mass is 289 g/mol. The van der Waals surface area contributed by atoms with Gasteiger partial charge in [0.25, 0.3) is 0 Å². The molecule has 0 heterocycles. The SMILES string of the molecule is Cc1cccc(CNS(=O)(=O)c2cc(C)ccc2C)c1. The predicted molar refractivity (Wildman–Crippen MR) is 81.1 cm³/mol. The fraction of sp³-hybridized carbons (Fsp3) is 0.250. The molecule has 0 fully saturated rings. The van der Waals surface area contributed by atoms with E-state index < -0.39 is 10.0 Å². The van der Waals surface area contributed by atoms with Crippen molar-refractivity contribution in [1.82, 2.24) is 4.72 Å². The molecule has 2 aromatic carbocycles. The molecule has 1 N–H and O–H groups in total. The molecule has 0 spiro atoms. The van der Waals surface area contributed by atoms with Crippen molar-refractivity contribution in [2.45, 2.75) is 32.2 Å². The first-order valence-electron chi connectivity index (χ1n) is 6.51. The van der Waals surface area contributed by atoms with Crippen molar-refractivity contribution in [3.8, 4) is 0 Å². The summed E-state index contributed by atoms with van der Waals surface area (Å²) in [6.07, 6.45) is 0. The molecular weight excluding hydrogens is 270 g/mol. The van der Waals surface area contributed by atoms with Crippen LogP contribution in [-0.4, -0.2) is 8.42 Å². The highest BCUT2D eigenvalue weighted by Gasteiger charge is 2.16. The zero-order chi connectivity index (χ0) is 14.8. The van der Waals surface area contributed by atoms with Crippen LogP contribution in [0.5, 0.6) is 0 Å². The van der Waals surface area contributed by atoms with Crippen LogP contribution in [0.25, 0.3) is 0 Å². The van der Waals surface area contributed by atoms with E-state index in [0.717, 1.165) is 22.3 Å². The van der Waals surface area contributed by atoms with E-state index in [4.69, 9.17) is 0 Å². The highest BCUT2D eigenvalue weighted by molar-refractivity contribution is 7.89. The highest BCUT2D eigenvalue weighted by Crippen LogP contribution is 2.17. The van der Waals surface area contributed by atoms with Gasteiger partial charge in [-0.05, 0) is 43.5 Å². The van der Waals surface area contributed by atoms with Crippen LogP contribution in [0.1, 0.15) is 22.3 Å². The van der Waals surface area contributed by atoms with Crippen molar-refractivity contribution in [2.75, 3.05) is 0 Å². The van der Waals surface area contributed by atoms with Gasteiger partial charge < -0.3 is 0 Å². The van der Waals surface area contributed by atoms with Gasteiger partial charge in [-0.3, -0.25) is 0 Å². The third-order valence-electron chi connectivity index (χ3n) is 3.18. The molecule has 0 unspecified atom stereocenters. The van der Waals surface area contributed by atoms with E-state index in [-0.39, 0.29) is 0 Å². The summed E-state index contributed by atoms with van der Waals surface area (Å²) < 4.78 is 27.4. The molecule has 0 aliphatic carbocycles. The minimum absolute atomic E-state index is 0.303. The number of hydrogen-bond donors (Lipinski definition) is 1. The van der Waals surface area contributed by atoms with Crippen LogP contribution in [0.2, 0.25) is 0 Å². The first-order valence-corrected chi connectivity index (χ1v) is 7.99. The van der Waals surface area contributed by atoms with Crippen molar-refractivity contribution >= 4 is 10.0 Å². The molecule has 106 valence electrons. The summed E-state index contributed by atoms with van der Waals surface area (Å²) in [6, 6.07) is 13.3. The van der Waals surface area contributed by atoms with Crippen LogP contribution in [0, 0.1) is 20.8 Å². The number of aryl methyl sites for hydroxylation is 3. The van der Waals surface area contributed by atoms with E-state index in [9.17, 15) is 8.42 Å². The first-order chi connectivity index (χ1) is 9.38. The molecule has 0 aliphatic rings. The molecule has 3 nitrogen and oxygen atoms in total. The van der Waals surface area contributed by atoms with Crippen molar-refractivity contribution in [2.24, 2.45) is 0 Å².